The zero-order chi connectivity index (χ0) is 18.5. The van der Waals surface area contributed by atoms with Crippen LogP contribution in [0.1, 0.15) is 80.4 Å². The summed E-state index contributed by atoms with van der Waals surface area (Å²) < 4.78 is 0. The van der Waals surface area contributed by atoms with Crippen molar-refractivity contribution in [3.63, 3.8) is 0 Å². The number of nitrogens with one attached hydrogen (secondary N) is 1. The van der Waals surface area contributed by atoms with Gasteiger partial charge in [-0.1, -0.05) is 57.4 Å². The van der Waals surface area contributed by atoms with E-state index < -0.39 is 0 Å². The van der Waals surface area contributed by atoms with E-state index in [4.69, 9.17) is 0 Å². The van der Waals surface area contributed by atoms with Crippen molar-refractivity contribution in [2.75, 3.05) is 0 Å². The lowest BCUT2D eigenvalue weighted by Gasteiger charge is -2.22. The first-order valence-corrected chi connectivity index (χ1v) is 10.9. The molecule has 1 aliphatic carbocycles. The van der Waals surface area contributed by atoms with Gasteiger partial charge in [-0.2, -0.15) is 0 Å². The number of hydrogen-bond donors (Lipinski definition) is 1. The molecular weight excluding hydrogens is 338 g/mol. The van der Waals surface area contributed by atoms with Crippen LogP contribution in [0.3, 0.4) is 0 Å². The van der Waals surface area contributed by atoms with Crippen LogP contribution in [-0.4, -0.2) is 11.9 Å². The third-order valence-corrected chi connectivity index (χ3v) is 6.44. The highest BCUT2D eigenvalue weighted by atomic mass is 32.1. The molecule has 1 atom stereocenters. The second-order valence-corrected chi connectivity index (χ2v) is 9.21. The molecule has 3 rings (SSSR count). The van der Waals surface area contributed by atoms with Crippen molar-refractivity contribution in [2.24, 2.45) is 5.92 Å². The molecule has 0 aliphatic heterocycles. The number of benzene rings is 1. The van der Waals surface area contributed by atoms with E-state index in [1.165, 1.54) is 48.1 Å². The summed E-state index contributed by atoms with van der Waals surface area (Å²) in [4.78, 5) is 14.4. The maximum atomic E-state index is 12.4. The highest BCUT2D eigenvalue weighted by Gasteiger charge is 2.16. The Balaban J connectivity index is 1.64. The highest BCUT2D eigenvalue weighted by Crippen LogP contribution is 2.34. The van der Waals surface area contributed by atoms with Crippen LogP contribution in [0.4, 0.5) is 0 Å². The fourth-order valence-electron chi connectivity index (χ4n) is 4.03. The van der Waals surface area contributed by atoms with Crippen LogP contribution in [-0.2, 0) is 0 Å². The second kappa shape index (κ2) is 8.85. The molecule has 0 bridgehead atoms. The van der Waals surface area contributed by atoms with Gasteiger partial charge in [0, 0.05) is 10.9 Å². The van der Waals surface area contributed by atoms with Crippen molar-refractivity contribution in [2.45, 2.75) is 71.3 Å². The van der Waals surface area contributed by atoms with E-state index in [2.05, 4.69) is 56.4 Å². The maximum absolute atomic E-state index is 12.4. The van der Waals surface area contributed by atoms with E-state index in [1.54, 1.807) is 11.3 Å². The zero-order valence-electron chi connectivity index (χ0n) is 16.3. The molecule has 1 fully saturated rings. The Labute approximate surface area is 162 Å². The lowest BCUT2D eigenvalue weighted by Crippen LogP contribution is -2.32. The normalized spacial score (nSPS) is 16.6. The third kappa shape index (κ3) is 4.97. The van der Waals surface area contributed by atoms with Crippen molar-refractivity contribution < 1.29 is 4.79 Å². The van der Waals surface area contributed by atoms with Crippen molar-refractivity contribution in [1.82, 2.24) is 5.32 Å². The monoisotopic (exact) mass is 369 g/mol. The number of amides is 1. The number of thiophene rings is 1. The van der Waals surface area contributed by atoms with Crippen LogP contribution < -0.4 is 5.32 Å². The van der Waals surface area contributed by atoms with Gasteiger partial charge in [-0.05, 0) is 61.3 Å². The molecule has 1 aromatic heterocycles. The van der Waals surface area contributed by atoms with E-state index in [0.29, 0.717) is 5.92 Å². The van der Waals surface area contributed by atoms with Crippen LogP contribution in [0, 0.1) is 5.92 Å². The van der Waals surface area contributed by atoms with E-state index in [0.717, 1.165) is 17.2 Å². The third-order valence-electron chi connectivity index (χ3n) is 5.30. The second-order valence-electron chi connectivity index (χ2n) is 8.12. The van der Waals surface area contributed by atoms with Crippen molar-refractivity contribution >= 4 is 17.2 Å². The molecule has 0 spiro atoms. The molecule has 0 radical (unpaired) electrons. The summed E-state index contributed by atoms with van der Waals surface area (Å²) in [5.74, 6) is 1.38. The molecule has 1 amide bonds. The van der Waals surface area contributed by atoms with Crippen molar-refractivity contribution in [1.29, 1.82) is 0 Å². The Morgan fingerprint density at radius 2 is 1.73 bits per heavy atom. The summed E-state index contributed by atoms with van der Waals surface area (Å²) in [7, 11) is 0. The van der Waals surface area contributed by atoms with Crippen molar-refractivity contribution in [3.8, 4) is 10.4 Å². The van der Waals surface area contributed by atoms with E-state index in [9.17, 15) is 4.79 Å². The topological polar surface area (TPSA) is 29.1 Å². The molecule has 2 nitrogen and oxygen atoms in total. The minimum Gasteiger partial charge on any atom is -0.349 e. The van der Waals surface area contributed by atoms with Gasteiger partial charge in [-0.15, -0.1) is 11.3 Å². The predicted octanol–water partition coefficient (Wildman–Crippen LogP) is 6.63. The first-order chi connectivity index (χ1) is 12.5. The summed E-state index contributed by atoms with van der Waals surface area (Å²) >= 11 is 1.58. The van der Waals surface area contributed by atoms with Gasteiger partial charge in [0.25, 0.3) is 5.91 Å². The fraction of sp³-hybridized carbons (Fsp3) is 0.522. The Kier molecular flexibility index (Phi) is 6.53. The average molecular weight is 370 g/mol. The van der Waals surface area contributed by atoms with Gasteiger partial charge in [0.1, 0.15) is 0 Å². The smallest absolute Gasteiger partial charge is 0.261 e. The van der Waals surface area contributed by atoms with Crippen LogP contribution in [0.2, 0.25) is 0 Å². The maximum Gasteiger partial charge on any atom is 0.261 e. The number of carbonyl (C=O) groups is 1. The van der Waals surface area contributed by atoms with Gasteiger partial charge in [-0.25, -0.2) is 0 Å². The van der Waals surface area contributed by atoms with Gasteiger partial charge in [0.2, 0.25) is 0 Å². The summed E-state index contributed by atoms with van der Waals surface area (Å²) in [5.41, 5.74) is 2.69. The molecule has 26 heavy (non-hydrogen) atoms. The molecule has 2 aromatic rings. The Morgan fingerprint density at radius 1 is 1.04 bits per heavy atom. The van der Waals surface area contributed by atoms with Crippen LogP contribution >= 0.6 is 11.3 Å². The average Bonchev–Trinajstić information content (AvgIpc) is 3.12. The predicted molar refractivity (Wildman–Crippen MR) is 112 cm³/mol. The first-order valence-electron chi connectivity index (χ1n) is 10.0. The first kappa shape index (κ1) is 19.2. The quantitative estimate of drug-likeness (QED) is 0.608. The summed E-state index contributed by atoms with van der Waals surface area (Å²) in [5, 5.41) is 3.12. The summed E-state index contributed by atoms with van der Waals surface area (Å²) in [6.45, 7) is 6.45. The summed E-state index contributed by atoms with van der Waals surface area (Å²) in [6.07, 6.45) is 7.79. The Morgan fingerprint density at radius 3 is 2.38 bits per heavy atom. The van der Waals surface area contributed by atoms with Gasteiger partial charge in [-0.3, -0.25) is 4.79 Å². The van der Waals surface area contributed by atoms with Crippen LogP contribution in [0.25, 0.3) is 10.4 Å². The molecule has 1 aromatic carbocycles. The standard InChI is InChI=1S/C23H31NOS/c1-16(2)15-17(3)24-23(25)22-14-13-21(26-22)20-11-9-19(10-12-20)18-7-5-4-6-8-18/h9-14,16-18H,4-8,15H2,1-3H3,(H,24,25)/t17-/m1/s1. The minimum absolute atomic E-state index is 0.0493. The number of carbonyl (C=O) groups excluding carboxylic acids is 1. The molecule has 1 heterocycles. The number of hydrogen-bond acceptors (Lipinski definition) is 2. The molecule has 3 heteroatoms. The van der Waals surface area contributed by atoms with E-state index >= 15 is 0 Å². The molecule has 1 N–H and O–H groups in total. The molecule has 1 aliphatic rings. The number of rotatable bonds is 6. The van der Waals surface area contributed by atoms with Crippen LogP contribution in [0.15, 0.2) is 36.4 Å². The van der Waals surface area contributed by atoms with E-state index in [1.807, 2.05) is 6.07 Å². The SMILES string of the molecule is CC(C)C[C@@H](C)NC(=O)c1ccc(-c2ccc(C3CCCCC3)cc2)s1. The highest BCUT2D eigenvalue weighted by molar-refractivity contribution is 7.17. The zero-order valence-corrected chi connectivity index (χ0v) is 17.1. The molecule has 140 valence electrons. The largest absolute Gasteiger partial charge is 0.349 e. The lowest BCUT2D eigenvalue weighted by atomic mass is 9.84. The molecule has 0 saturated heterocycles. The van der Waals surface area contributed by atoms with Crippen LogP contribution in [0.5, 0.6) is 0 Å². The molecular formula is C23H31NOS. The van der Waals surface area contributed by atoms with Gasteiger partial charge < -0.3 is 5.32 Å². The van der Waals surface area contributed by atoms with E-state index in [-0.39, 0.29) is 11.9 Å². The van der Waals surface area contributed by atoms with Gasteiger partial charge in [0.15, 0.2) is 0 Å². The van der Waals surface area contributed by atoms with Gasteiger partial charge in [0.05, 0.1) is 4.88 Å². The van der Waals surface area contributed by atoms with Gasteiger partial charge >= 0.3 is 0 Å². The fourth-order valence-corrected chi connectivity index (χ4v) is 4.95. The molecule has 0 unspecified atom stereocenters. The molecule has 1 saturated carbocycles. The van der Waals surface area contributed by atoms with Crippen molar-refractivity contribution in [3.05, 3.63) is 46.8 Å². The Hall–Kier alpha value is -1.61. The Bertz CT molecular complexity index is 710. The lowest BCUT2D eigenvalue weighted by molar-refractivity contribution is 0.0940. The minimum atomic E-state index is 0.0493. The summed E-state index contributed by atoms with van der Waals surface area (Å²) in [6, 6.07) is 13.3.